The van der Waals surface area contributed by atoms with E-state index in [2.05, 4.69) is 43.8 Å². The average Bonchev–Trinajstić information content (AvgIpc) is 2.31. The SMILES string of the molecule is CCc1c(C)nc2c(Br)cc(Br)c(OC)c2c1Cl. The fourth-order valence-corrected chi connectivity index (χ4v) is 3.92. The molecule has 5 heteroatoms. The minimum absolute atomic E-state index is 0.721. The van der Waals surface area contributed by atoms with Crippen molar-refractivity contribution in [2.24, 2.45) is 0 Å². The van der Waals surface area contributed by atoms with Crippen LogP contribution in [0.3, 0.4) is 0 Å². The summed E-state index contributed by atoms with van der Waals surface area (Å²) in [4.78, 5) is 4.62. The monoisotopic (exact) mass is 391 g/mol. The second-order valence-electron chi connectivity index (χ2n) is 3.94. The summed E-state index contributed by atoms with van der Waals surface area (Å²) in [6, 6.07) is 1.93. The predicted molar refractivity (Wildman–Crippen MR) is 82.8 cm³/mol. The molecule has 0 fully saturated rings. The molecule has 0 aliphatic rings. The minimum atomic E-state index is 0.721. The van der Waals surface area contributed by atoms with Crippen molar-refractivity contribution in [1.82, 2.24) is 4.98 Å². The van der Waals surface area contributed by atoms with Gasteiger partial charge in [0, 0.05) is 10.2 Å². The molecular formula is C13H12Br2ClNO. The molecule has 0 aliphatic carbocycles. The van der Waals surface area contributed by atoms with E-state index in [9.17, 15) is 0 Å². The normalized spacial score (nSPS) is 11.0. The highest BCUT2D eigenvalue weighted by Crippen LogP contribution is 2.42. The van der Waals surface area contributed by atoms with E-state index in [1.807, 2.05) is 13.0 Å². The van der Waals surface area contributed by atoms with E-state index in [4.69, 9.17) is 16.3 Å². The zero-order valence-electron chi connectivity index (χ0n) is 10.3. The van der Waals surface area contributed by atoms with Gasteiger partial charge in [-0.25, -0.2) is 0 Å². The Morgan fingerprint density at radius 2 is 2.00 bits per heavy atom. The van der Waals surface area contributed by atoms with Crippen LogP contribution in [0.1, 0.15) is 18.2 Å². The van der Waals surface area contributed by atoms with Crippen molar-refractivity contribution in [3.05, 3.63) is 31.3 Å². The zero-order chi connectivity index (χ0) is 13.4. The fourth-order valence-electron chi connectivity index (χ4n) is 2.06. The quantitative estimate of drug-likeness (QED) is 0.691. The molecule has 2 nitrogen and oxygen atoms in total. The smallest absolute Gasteiger partial charge is 0.144 e. The number of halogens is 3. The molecule has 2 rings (SSSR count). The Kier molecular flexibility index (Phi) is 4.19. The molecule has 2 aromatic rings. The van der Waals surface area contributed by atoms with E-state index in [0.717, 1.165) is 48.3 Å². The summed E-state index contributed by atoms with van der Waals surface area (Å²) in [5.41, 5.74) is 2.85. The number of rotatable bonds is 2. The largest absolute Gasteiger partial charge is 0.495 e. The molecule has 0 atom stereocenters. The molecule has 0 aliphatic heterocycles. The molecule has 0 saturated carbocycles. The number of aryl methyl sites for hydroxylation is 1. The lowest BCUT2D eigenvalue weighted by Gasteiger charge is -2.14. The van der Waals surface area contributed by atoms with E-state index in [-0.39, 0.29) is 0 Å². The first-order valence-electron chi connectivity index (χ1n) is 5.51. The Morgan fingerprint density at radius 3 is 2.56 bits per heavy atom. The molecule has 0 unspecified atom stereocenters. The van der Waals surface area contributed by atoms with Crippen LogP contribution in [-0.4, -0.2) is 12.1 Å². The van der Waals surface area contributed by atoms with Crippen LogP contribution < -0.4 is 4.74 Å². The number of aromatic nitrogens is 1. The third kappa shape index (κ3) is 2.15. The molecule has 0 amide bonds. The summed E-state index contributed by atoms with van der Waals surface area (Å²) in [7, 11) is 1.63. The summed E-state index contributed by atoms with van der Waals surface area (Å²) >= 11 is 13.5. The van der Waals surface area contributed by atoms with Gasteiger partial charge in [0.25, 0.3) is 0 Å². The van der Waals surface area contributed by atoms with Crippen molar-refractivity contribution in [2.45, 2.75) is 20.3 Å². The molecule has 0 saturated heterocycles. The van der Waals surface area contributed by atoms with Gasteiger partial charge in [-0.2, -0.15) is 0 Å². The lowest BCUT2D eigenvalue weighted by molar-refractivity contribution is 0.417. The summed E-state index contributed by atoms with van der Waals surface area (Å²) < 4.78 is 7.20. The Hall–Kier alpha value is -0.320. The highest BCUT2D eigenvalue weighted by Gasteiger charge is 2.18. The minimum Gasteiger partial charge on any atom is -0.495 e. The number of methoxy groups -OCH3 is 1. The average molecular weight is 394 g/mol. The third-order valence-electron chi connectivity index (χ3n) is 2.92. The first-order chi connectivity index (χ1) is 8.51. The van der Waals surface area contributed by atoms with Crippen LogP contribution in [0.25, 0.3) is 10.9 Å². The molecule has 1 aromatic heterocycles. The maximum Gasteiger partial charge on any atom is 0.144 e. The fraction of sp³-hybridized carbons (Fsp3) is 0.308. The van der Waals surface area contributed by atoms with Gasteiger partial charge in [0.2, 0.25) is 0 Å². The van der Waals surface area contributed by atoms with Gasteiger partial charge in [0.1, 0.15) is 5.75 Å². The van der Waals surface area contributed by atoms with Crippen LogP contribution >= 0.6 is 43.5 Å². The van der Waals surface area contributed by atoms with Gasteiger partial charge < -0.3 is 4.74 Å². The van der Waals surface area contributed by atoms with Gasteiger partial charge in [0.15, 0.2) is 0 Å². The Labute approximate surface area is 128 Å². The van der Waals surface area contributed by atoms with Crippen molar-refractivity contribution in [3.8, 4) is 5.75 Å². The van der Waals surface area contributed by atoms with Crippen LogP contribution in [0.5, 0.6) is 5.75 Å². The number of ether oxygens (including phenoxy) is 1. The van der Waals surface area contributed by atoms with Gasteiger partial charge in [-0.05, 0) is 56.8 Å². The number of benzene rings is 1. The highest BCUT2D eigenvalue weighted by atomic mass is 79.9. The van der Waals surface area contributed by atoms with Crippen molar-refractivity contribution in [3.63, 3.8) is 0 Å². The van der Waals surface area contributed by atoms with E-state index < -0.39 is 0 Å². The van der Waals surface area contributed by atoms with Crippen LogP contribution in [0.15, 0.2) is 15.0 Å². The lowest BCUT2D eigenvalue weighted by atomic mass is 10.1. The first kappa shape index (κ1) is 14.1. The van der Waals surface area contributed by atoms with E-state index in [1.54, 1.807) is 7.11 Å². The van der Waals surface area contributed by atoms with Gasteiger partial charge in [-0.15, -0.1) is 0 Å². The standard InChI is InChI=1S/C13H12Br2ClNO/c1-4-7-6(2)17-12-8(14)5-9(15)13(18-3)10(12)11(7)16/h5H,4H2,1-3H3. The van der Waals surface area contributed by atoms with Crippen molar-refractivity contribution in [2.75, 3.05) is 7.11 Å². The summed E-state index contributed by atoms with van der Waals surface area (Å²) in [5, 5.41) is 1.57. The van der Waals surface area contributed by atoms with Gasteiger partial charge in [0.05, 0.1) is 27.5 Å². The molecule has 0 N–H and O–H groups in total. The van der Waals surface area contributed by atoms with Crippen LogP contribution in [-0.2, 0) is 6.42 Å². The summed E-state index contributed by atoms with van der Waals surface area (Å²) in [6.07, 6.45) is 0.848. The Bertz CT molecular complexity index is 628. The van der Waals surface area contributed by atoms with Gasteiger partial charge in [-0.3, -0.25) is 4.98 Å². The molecule has 0 spiro atoms. The van der Waals surface area contributed by atoms with Gasteiger partial charge in [-0.1, -0.05) is 18.5 Å². The van der Waals surface area contributed by atoms with Crippen molar-refractivity contribution in [1.29, 1.82) is 0 Å². The second kappa shape index (κ2) is 5.35. The molecular weight excluding hydrogens is 381 g/mol. The second-order valence-corrected chi connectivity index (χ2v) is 6.03. The van der Waals surface area contributed by atoms with E-state index >= 15 is 0 Å². The van der Waals surface area contributed by atoms with E-state index in [1.165, 1.54) is 0 Å². The number of nitrogens with zero attached hydrogens (tertiary/aromatic N) is 1. The lowest BCUT2D eigenvalue weighted by Crippen LogP contribution is -1.98. The number of hydrogen-bond acceptors (Lipinski definition) is 2. The number of fused-ring (bicyclic) bond motifs is 1. The molecule has 1 heterocycles. The summed E-state index contributed by atoms with van der Waals surface area (Å²) in [5.74, 6) is 0.723. The molecule has 0 radical (unpaired) electrons. The maximum atomic E-state index is 6.51. The van der Waals surface area contributed by atoms with E-state index in [0.29, 0.717) is 0 Å². The van der Waals surface area contributed by atoms with Crippen LogP contribution in [0.2, 0.25) is 5.02 Å². The topological polar surface area (TPSA) is 22.1 Å². The summed E-state index contributed by atoms with van der Waals surface area (Å²) in [6.45, 7) is 4.05. The molecule has 18 heavy (non-hydrogen) atoms. The Balaban J connectivity index is 3.01. The highest BCUT2D eigenvalue weighted by molar-refractivity contribution is 9.11. The maximum absolute atomic E-state index is 6.51. The first-order valence-corrected chi connectivity index (χ1v) is 7.48. The van der Waals surface area contributed by atoms with Crippen LogP contribution in [0.4, 0.5) is 0 Å². The van der Waals surface area contributed by atoms with Crippen molar-refractivity contribution < 1.29 is 4.74 Å². The Morgan fingerprint density at radius 1 is 1.33 bits per heavy atom. The van der Waals surface area contributed by atoms with Gasteiger partial charge >= 0.3 is 0 Å². The predicted octanol–water partition coefficient (Wildman–Crippen LogP) is 5.29. The van der Waals surface area contributed by atoms with Crippen LogP contribution in [0, 0.1) is 6.92 Å². The molecule has 1 aromatic carbocycles. The zero-order valence-corrected chi connectivity index (χ0v) is 14.2. The van der Waals surface area contributed by atoms with Crippen molar-refractivity contribution >= 4 is 54.4 Å². The molecule has 0 bridgehead atoms. The number of hydrogen-bond donors (Lipinski definition) is 0. The third-order valence-corrected chi connectivity index (χ3v) is 4.53. The number of pyridine rings is 1. The molecule has 96 valence electrons.